The third-order valence-electron chi connectivity index (χ3n) is 3.26. The Bertz CT molecular complexity index is 482. The Morgan fingerprint density at radius 3 is 2.48 bits per heavy atom. The van der Waals surface area contributed by atoms with E-state index in [9.17, 15) is 9.59 Å². The average molecular weight is 321 g/mol. The normalized spacial score (nSPS) is 12.9. The molecule has 110 valence electrons. The van der Waals surface area contributed by atoms with Gasteiger partial charge in [0.15, 0.2) is 0 Å². The van der Waals surface area contributed by atoms with E-state index in [1.165, 1.54) is 0 Å². The number of rotatable bonds is 7. The van der Waals surface area contributed by atoms with E-state index in [-0.39, 0.29) is 47.8 Å². The van der Waals surface area contributed by atoms with Gasteiger partial charge in [-0.1, -0.05) is 44.0 Å². The summed E-state index contributed by atoms with van der Waals surface area (Å²) in [6, 6.07) is 6.97. The first-order valence-corrected chi connectivity index (χ1v) is 7.10. The topological polar surface area (TPSA) is 66.4 Å². The number of amides is 1. The molecule has 0 spiro atoms. The van der Waals surface area contributed by atoms with Gasteiger partial charge in [-0.3, -0.25) is 9.59 Å². The van der Waals surface area contributed by atoms with Gasteiger partial charge in [-0.05, 0) is 24.5 Å². The smallest absolute Gasteiger partial charge is 0.481 e. The molecule has 0 aliphatic heterocycles. The number of nitrogens with one attached hydrogen (secondary N) is 1. The van der Waals surface area contributed by atoms with Crippen LogP contribution in [0.4, 0.5) is 5.69 Å². The van der Waals surface area contributed by atoms with Crippen LogP contribution in [0.15, 0.2) is 24.3 Å². The molecule has 0 saturated carbocycles. The molecule has 0 heterocycles. The summed E-state index contributed by atoms with van der Waals surface area (Å²) in [4.78, 5) is 23.1. The number of anilines is 1. The number of carbonyl (C=O) groups excluding carboxylic acids is 1. The summed E-state index contributed by atoms with van der Waals surface area (Å²) in [6.07, 6.45) is 1.53. The second kappa shape index (κ2) is 10.2. The molecule has 1 aromatic rings. The first kappa shape index (κ1) is 20.5. The fourth-order valence-electron chi connectivity index (χ4n) is 2.16. The molecule has 1 aromatic carbocycles. The van der Waals surface area contributed by atoms with Crippen LogP contribution in [0.3, 0.4) is 0 Å². The Balaban J connectivity index is 0.00000400. The minimum Gasteiger partial charge on any atom is -0.481 e. The third kappa shape index (κ3) is 6.83. The van der Waals surface area contributed by atoms with Gasteiger partial charge < -0.3 is 10.4 Å². The maximum Gasteiger partial charge on any atom is 1.00 e. The summed E-state index contributed by atoms with van der Waals surface area (Å²) in [5.41, 5.74) is 0.550. The van der Waals surface area contributed by atoms with Crippen molar-refractivity contribution in [3.8, 4) is 0 Å². The van der Waals surface area contributed by atoms with Crippen LogP contribution in [0.2, 0.25) is 5.02 Å². The number of benzene rings is 1. The van der Waals surface area contributed by atoms with Crippen LogP contribution in [0.5, 0.6) is 0 Å². The molecule has 4 nitrogen and oxygen atoms in total. The van der Waals surface area contributed by atoms with Crippen molar-refractivity contribution in [1.82, 2.24) is 0 Å². The molecule has 0 saturated heterocycles. The number of carboxylic acid groups (broad SMARTS) is 1. The summed E-state index contributed by atoms with van der Waals surface area (Å²) in [5.74, 6) is -1.76. The predicted octanol–water partition coefficient (Wildman–Crippen LogP) is 0.810. The van der Waals surface area contributed by atoms with E-state index < -0.39 is 11.9 Å². The molecule has 0 radical (unpaired) electrons. The quantitative estimate of drug-likeness (QED) is 0.731. The van der Waals surface area contributed by atoms with Crippen LogP contribution < -0.4 is 34.9 Å². The molecule has 2 N–H and O–H groups in total. The van der Waals surface area contributed by atoms with Crippen molar-refractivity contribution in [1.29, 1.82) is 0 Å². The van der Waals surface area contributed by atoms with E-state index in [2.05, 4.69) is 5.32 Å². The fraction of sp³-hybridized carbons (Fsp3) is 0.467. The Labute approximate surface area is 152 Å². The van der Waals surface area contributed by atoms with Crippen LogP contribution >= 0.6 is 11.6 Å². The van der Waals surface area contributed by atoms with E-state index in [4.69, 9.17) is 16.7 Å². The molecule has 2 atom stereocenters. The molecule has 1 rings (SSSR count). The average Bonchev–Trinajstić information content (AvgIpc) is 2.38. The first-order valence-electron chi connectivity index (χ1n) is 6.72. The predicted molar refractivity (Wildman–Crippen MR) is 79.9 cm³/mol. The van der Waals surface area contributed by atoms with Gasteiger partial charge in [0.25, 0.3) is 0 Å². The van der Waals surface area contributed by atoms with E-state index in [0.29, 0.717) is 17.1 Å². The second-order valence-electron chi connectivity index (χ2n) is 4.94. The monoisotopic (exact) mass is 320 g/mol. The zero-order chi connectivity index (χ0) is 15.1. The van der Waals surface area contributed by atoms with Crippen molar-refractivity contribution in [3.63, 3.8) is 0 Å². The summed E-state index contributed by atoms with van der Waals surface area (Å²) in [6.45, 7) is 3.73. The van der Waals surface area contributed by atoms with Crippen LogP contribution in [0.25, 0.3) is 0 Å². The fourth-order valence-corrected chi connectivity index (χ4v) is 2.34. The van der Waals surface area contributed by atoms with E-state index in [1.54, 1.807) is 31.2 Å². The van der Waals surface area contributed by atoms with Crippen molar-refractivity contribution in [2.75, 3.05) is 5.32 Å². The van der Waals surface area contributed by atoms with Crippen LogP contribution in [-0.4, -0.2) is 17.0 Å². The molecule has 6 heteroatoms. The zero-order valence-corrected chi connectivity index (χ0v) is 15.5. The molecule has 0 fully saturated rings. The van der Waals surface area contributed by atoms with Crippen LogP contribution in [0.1, 0.15) is 33.1 Å². The maximum atomic E-state index is 11.9. The number of hydrogen-bond acceptors (Lipinski definition) is 2. The molecule has 0 aromatic heterocycles. The Morgan fingerprint density at radius 2 is 1.95 bits per heavy atom. The summed E-state index contributed by atoms with van der Waals surface area (Å²) in [7, 11) is 0. The Hall–Kier alpha value is -0.550. The summed E-state index contributed by atoms with van der Waals surface area (Å²) < 4.78 is 0. The minimum absolute atomic E-state index is 0. The van der Waals surface area contributed by atoms with E-state index >= 15 is 0 Å². The Kier molecular flexibility index (Phi) is 9.95. The van der Waals surface area contributed by atoms with Gasteiger partial charge in [0.2, 0.25) is 5.91 Å². The van der Waals surface area contributed by atoms with Gasteiger partial charge in [0.05, 0.1) is 16.6 Å². The summed E-state index contributed by atoms with van der Waals surface area (Å²) >= 11 is 5.96. The van der Waals surface area contributed by atoms with Gasteiger partial charge in [0, 0.05) is 6.42 Å². The second-order valence-corrected chi connectivity index (χ2v) is 5.35. The zero-order valence-electron chi connectivity index (χ0n) is 12.7. The van der Waals surface area contributed by atoms with Crippen molar-refractivity contribution < 1.29 is 44.3 Å². The summed E-state index contributed by atoms with van der Waals surface area (Å²) in [5, 5.41) is 12.4. The van der Waals surface area contributed by atoms with E-state index in [1.807, 2.05) is 6.92 Å². The Morgan fingerprint density at radius 1 is 1.33 bits per heavy atom. The van der Waals surface area contributed by atoms with Crippen molar-refractivity contribution in [3.05, 3.63) is 29.3 Å². The number of carbonyl (C=O) groups is 2. The number of aliphatic carboxylic acids is 1. The number of para-hydroxylation sites is 1. The van der Waals surface area contributed by atoms with Gasteiger partial charge in [-0.25, -0.2) is 0 Å². The van der Waals surface area contributed by atoms with Gasteiger partial charge in [-0.2, -0.15) is 0 Å². The standard InChI is InChI=1S/C15H20ClNO3.Na/c1-3-6-11(15(19)20)10(2)9-14(18)17-13-8-5-4-7-12(13)16;/h4-5,7-8,10-11H,3,6,9H2,1-2H3,(H,17,18)(H,19,20);/q;+1. The van der Waals surface area contributed by atoms with Crippen LogP contribution in [-0.2, 0) is 9.59 Å². The number of halogens is 1. The van der Waals surface area contributed by atoms with Crippen molar-refractivity contribution in [2.45, 2.75) is 33.1 Å². The van der Waals surface area contributed by atoms with Crippen molar-refractivity contribution >= 4 is 29.2 Å². The third-order valence-corrected chi connectivity index (χ3v) is 3.59. The molecule has 21 heavy (non-hydrogen) atoms. The van der Waals surface area contributed by atoms with Crippen molar-refractivity contribution in [2.24, 2.45) is 11.8 Å². The molecular weight excluding hydrogens is 301 g/mol. The first-order chi connectivity index (χ1) is 9.45. The number of hydrogen-bond donors (Lipinski definition) is 2. The number of carboxylic acids is 1. The minimum atomic E-state index is -0.843. The van der Waals surface area contributed by atoms with Gasteiger partial charge >= 0.3 is 35.5 Å². The van der Waals surface area contributed by atoms with Gasteiger partial charge in [-0.15, -0.1) is 0 Å². The molecule has 0 aliphatic rings. The SMILES string of the molecule is CCCC(C(=O)O)C(C)CC(=O)Nc1ccccc1Cl.[Na+]. The molecule has 0 aliphatic carbocycles. The molecule has 0 bridgehead atoms. The molecule has 1 amide bonds. The molecule has 2 unspecified atom stereocenters. The van der Waals surface area contributed by atoms with E-state index in [0.717, 1.165) is 6.42 Å². The van der Waals surface area contributed by atoms with Gasteiger partial charge in [0.1, 0.15) is 0 Å². The van der Waals surface area contributed by atoms with Crippen LogP contribution in [0, 0.1) is 11.8 Å². The maximum absolute atomic E-state index is 11.9. The molecular formula is C15H20ClNNaO3+. The largest absolute Gasteiger partial charge is 1.00 e.